The van der Waals surface area contributed by atoms with Crippen LogP contribution in [0.15, 0.2) is 24.3 Å². The zero-order valence-electron chi connectivity index (χ0n) is 11.8. The van der Waals surface area contributed by atoms with E-state index in [1.165, 1.54) is 12.8 Å². The molecule has 1 aromatic rings. The van der Waals surface area contributed by atoms with Gasteiger partial charge in [0.05, 0.1) is 6.10 Å². The highest BCUT2D eigenvalue weighted by Gasteiger charge is 2.21. The van der Waals surface area contributed by atoms with Crippen molar-refractivity contribution in [2.45, 2.75) is 37.8 Å². The first kappa shape index (κ1) is 14.7. The number of primary amides is 1. The first-order valence-electron chi connectivity index (χ1n) is 6.98. The summed E-state index contributed by atoms with van der Waals surface area (Å²) in [4.78, 5) is 10.6. The summed E-state index contributed by atoms with van der Waals surface area (Å²) in [6, 6.07) is 8.02. The van der Waals surface area contributed by atoms with Gasteiger partial charge in [0.1, 0.15) is 5.75 Å². The van der Waals surface area contributed by atoms with E-state index in [1.54, 1.807) is 7.11 Å². The number of hydrogen-bond donors (Lipinski definition) is 2. The van der Waals surface area contributed by atoms with Crippen LogP contribution in [0, 0.1) is 0 Å². The van der Waals surface area contributed by atoms with Gasteiger partial charge in [0.15, 0.2) is 6.61 Å². The zero-order chi connectivity index (χ0) is 14.4. The summed E-state index contributed by atoms with van der Waals surface area (Å²) in [5.41, 5.74) is 6.09. The first-order valence-corrected chi connectivity index (χ1v) is 6.98. The summed E-state index contributed by atoms with van der Waals surface area (Å²) < 4.78 is 10.7. The third kappa shape index (κ3) is 4.42. The van der Waals surface area contributed by atoms with Crippen molar-refractivity contribution < 1.29 is 14.3 Å². The summed E-state index contributed by atoms with van der Waals surface area (Å²) in [6.07, 6.45) is 4.90. The molecule has 1 aromatic carbocycles. The van der Waals surface area contributed by atoms with Crippen molar-refractivity contribution in [2.24, 2.45) is 5.73 Å². The predicted octanol–water partition coefficient (Wildman–Crippen LogP) is 1.92. The average molecular weight is 278 g/mol. The first-order chi connectivity index (χ1) is 9.67. The largest absolute Gasteiger partial charge is 0.484 e. The topological polar surface area (TPSA) is 73.6 Å². The van der Waals surface area contributed by atoms with E-state index in [1.807, 2.05) is 24.3 Å². The van der Waals surface area contributed by atoms with Gasteiger partial charge in [-0.05, 0) is 49.9 Å². The van der Waals surface area contributed by atoms with Crippen LogP contribution in [0.4, 0.5) is 5.69 Å². The fraction of sp³-hybridized carbons (Fsp3) is 0.533. The summed E-state index contributed by atoms with van der Waals surface area (Å²) >= 11 is 0. The highest BCUT2D eigenvalue weighted by molar-refractivity contribution is 5.75. The number of ether oxygens (including phenoxy) is 2. The highest BCUT2D eigenvalue weighted by Crippen LogP contribution is 2.24. The maximum absolute atomic E-state index is 10.6. The Morgan fingerprint density at radius 2 is 2.10 bits per heavy atom. The molecule has 1 amide bonds. The molecule has 0 spiro atoms. The van der Waals surface area contributed by atoms with Crippen LogP contribution in [-0.4, -0.2) is 31.8 Å². The minimum absolute atomic E-state index is 0.0923. The molecular weight excluding hydrogens is 256 g/mol. The minimum Gasteiger partial charge on any atom is -0.484 e. The van der Waals surface area contributed by atoms with Crippen molar-refractivity contribution in [2.75, 3.05) is 19.0 Å². The van der Waals surface area contributed by atoms with E-state index in [0.717, 1.165) is 18.5 Å². The SMILES string of the molecule is COC1CCCC(Nc2ccc(OCC(N)=O)cc2)C1. The van der Waals surface area contributed by atoms with Gasteiger partial charge in [-0.3, -0.25) is 4.79 Å². The molecule has 0 saturated heterocycles. The Kier molecular flexibility index (Phi) is 5.24. The molecular formula is C15H22N2O3. The third-order valence-corrected chi connectivity index (χ3v) is 3.57. The van der Waals surface area contributed by atoms with Crippen LogP contribution in [-0.2, 0) is 9.53 Å². The van der Waals surface area contributed by atoms with Gasteiger partial charge in [-0.15, -0.1) is 0 Å². The number of methoxy groups -OCH3 is 1. The molecule has 1 saturated carbocycles. The lowest BCUT2D eigenvalue weighted by atomic mass is 9.92. The fourth-order valence-electron chi connectivity index (χ4n) is 2.53. The van der Waals surface area contributed by atoms with Gasteiger partial charge in [0, 0.05) is 18.8 Å². The molecule has 2 rings (SSSR count). The summed E-state index contributed by atoms with van der Waals surface area (Å²) in [5.74, 6) is 0.174. The van der Waals surface area contributed by atoms with Crippen molar-refractivity contribution in [3.05, 3.63) is 24.3 Å². The van der Waals surface area contributed by atoms with E-state index in [4.69, 9.17) is 15.2 Å². The van der Waals surface area contributed by atoms with E-state index in [9.17, 15) is 4.79 Å². The Morgan fingerprint density at radius 1 is 1.35 bits per heavy atom. The van der Waals surface area contributed by atoms with E-state index in [0.29, 0.717) is 17.9 Å². The minimum atomic E-state index is -0.472. The van der Waals surface area contributed by atoms with Gasteiger partial charge in [-0.2, -0.15) is 0 Å². The Labute approximate surface area is 119 Å². The molecule has 1 aliphatic carbocycles. The molecule has 2 unspecified atom stereocenters. The smallest absolute Gasteiger partial charge is 0.255 e. The number of nitrogens with two attached hydrogens (primary N) is 1. The van der Waals surface area contributed by atoms with Gasteiger partial charge in [0.25, 0.3) is 5.91 Å². The highest BCUT2D eigenvalue weighted by atomic mass is 16.5. The van der Waals surface area contributed by atoms with Crippen molar-refractivity contribution in [1.82, 2.24) is 0 Å². The Bertz CT molecular complexity index is 433. The number of benzene rings is 1. The Hall–Kier alpha value is -1.75. The third-order valence-electron chi connectivity index (χ3n) is 3.57. The van der Waals surface area contributed by atoms with Crippen LogP contribution >= 0.6 is 0 Å². The molecule has 5 nitrogen and oxygen atoms in total. The molecule has 0 radical (unpaired) electrons. The molecule has 3 N–H and O–H groups in total. The van der Waals surface area contributed by atoms with Crippen LogP contribution in [0.3, 0.4) is 0 Å². The second-order valence-corrected chi connectivity index (χ2v) is 5.14. The molecule has 20 heavy (non-hydrogen) atoms. The van der Waals surface area contributed by atoms with Crippen LogP contribution < -0.4 is 15.8 Å². The van der Waals surface area contributed by atoms with Gasteiger partial charge in [0.2, 0.25) is 0 Å². The number of nitrogens with one attached hydrogen (secondary N) is 1. The quantitative estimate of drug-likeness (QED) is 0.833. The number of carbonyl (C=O) groups is 1. The molecule has 0 bridgehead atoms. The zero-order valence-corrected chi connectivity index (χ0v) is 11.8. The second kappa shape index (κ2) is 7.14. The lowest BCUT2D eigenvalue weighted by Crippen LogP contribution is -2.30. The Morgan fingerprint density at radius 3 is 2.75 bits per heavy atom. The van der Waals surface area contributed by atoms with Crippen molar-refractivity contribution in [1.29, 1.82) is 0 Å². The number of amides is 1. The molecule has 0 aromatic heterocycles. The molecule has 110 valence electrons. The fourth-order valence-corrected chi connectivity index (χ4v) is 2.53. The van der Waals surface area contributed by atoms with E-state index in [-0.39, 0.29) is 6.61 Å². The standard InChI is InChI=1S/C15H22N2O3/c1-19-14-4-2-3-12(9-14)17-11-5-7-13(8-6-11)20-10-15(16)18/h5-8,12,14,17H,2-4,9-10H2,1H3,(H2,16,18). The van der Waals surface area contributed by atoms with E-state index >= 15 is 0 Å². The maximum atomic E-state index is 10.6. The van der Waals surface area contributed by atoms with E-state index < -0.39 is 5.91 Å². The van der Waals surface area contributed by atoms with Crippen LogP contribution in [0.25, 0.3) is 0 Å². The van der Waals surface area contributed by atoms with Crippen LogP contribution in [0.1, 0.15) is 25.7 Å². The predicted molar refractivity (Wildman–Crippen MR) is 77.8 cm³/mol. The molecule has 5 heteroatoms. The van der Waals surface area contributed by atoms with Gasteiger partial charge >= 0.3 is 0 Å². The molecule has 1 aliphatic rings. The number of anilines is 1. The number of carbonyl (C=O) groups excluding carboxylic acids is 1. The molecule has 1 fully saturated rings. The van der Waals surface area contributed by atoms with Gasteiger partial charge in [-0.25, -0.2) is 0 Å². The molecule has 2 atom stereocenters. The summed E-state index contributed by atoms with van der Waals surface area (Å²) in [7, 11) is 1.78. The van der Waals surface area contributed by atoms with Crippen molar-refractivity contribution >= 4 is 11.6 Å². The van der Waals surface area contributed by atoms with Crippen molar-refractivity contribution in [3.63, 3.8) is 0 Å². The lowest BCUT2D eigenvalue weighted by Gasteiger charge is -2.29. The number of hydrogen-bond acceptors (Lipinski definition) is 4. The Balaban J connectivity index is 1.85. The van der Waals surface area contributed by atoms with Crippen LogP contribution in [0.2, 0.25) is 0 Å². The summed E-state index contributed by atoms with van der Waals surface area (Å²) in [6.45, 7) is -0.0923. The van der Waals surface area contributed by atoms with Crippen LogP contribution in [0.5, 0.6) is 5.75 Å². The normalized spacial score (nSPS) is 22.2. The van der Waals surface area contributed by atoms with Gasteiger partial charge < -0.3 is 20.5 Å². The lowest BCUT2D eigenvalue weighted by molar-refractivity contribution is -0.119. The molecule has 0 aliphatic heterocycles. The maximum Gasteiger partial charge on any atom is 0.255 e. The van der Waals surface area contributed by atoms with Gasteiger partial charge in [-0.1, -0.05) is 0 Å². The average Bonchev–Trinajstić information content (AvgIpc) is 2.47. The molecule has 0 heterocycles. The second-order valence-electron chi connectivity index (χ2n) is 5.14. The number of rotatable bonds is 6. The monoisotopic (exact) mass is 278 g/mol. The summed E-state index contributed by atoms with van der Waals surface area (Å²) in [5, 5.41) is 3.51. The van der Waals surface area contributed by atoms with Crippen molar-refractivity contribution in [3.8, 4) is 5.75 Å². The van der Waals surface area contributed by atoms with E-state index in [2.05, 4.69) is 5.32 Å².